The van der Waals surface area contributed by atoms with E-state index in [1.165, 1.54) is 167 Å². The van der Waals surface area contributed by atoms with Gasteiger partial charge in [-0.1, -0.05) is 218 Å². The van der Waals surface area contributed by atoms with E-state index in [1.807, 2.05) is 0 Å². The number of allylic oxidation sites excluding steroid dienone is 4. The van der Waals surface area contributed by atoms with E-state index in [-0.39, 0.29) is 42.7 Å². The molecule has 0 aliphatic heterocycles. The van der Waals surface area contributed by atoms with Gasteiger partial charge in [0, 0.05) is 19.3 Å². The van der Waals surface area contributed by atoms with Crippen molar-refractivity contribution >= 4 is 17.9 Å². The van der Waals surface area contributed by atoms with Crippen LogP contribution < -0.4 is 5.11 Å². The first-order valence-corrected chi connectivity index (χ1v) is 26.4. The molecule has 0 fully saturated rings. The van der Waals surface area contributed by atoms with Crippen LogP contribution in [0.3, 0.4) is 0 Å². The Hall–Kier alpha value is -2.19. The SMILES string of the molecule is CCCCCCCCC/C=C/C=C/CCCCCC(=O)OCC(COCCC(C(=O)[O-])[N+](C)(C)C)OC(=O)CCCCCCCCCCCCCCCCCCCCCCCC. The van der Waals surface area contributed by atoms with E-state index in [4.69, 9.17) is 14.2 Å². The highest BCUT2D eigenvalue weighted by Crippen LogP contribution is 2.17. The van der Waals surface area contributed by atoms with Crippen LogP contribution in [-0.2, 0) is 28.6 Å². The number of quaternary nitrogens is 1. The summed E-state index contributed by atoms with van der Waals surface area (Å²) >= 11 is 0. The van der Waals surface area contributed by atoms with Crippen LogP contribution in [0, 0.1) is 0 Å². The van der Waals surface area contributed by atoms with Crippen LogP contribution in [0.2, 0.25) is 0 Å². The number of nitrogens with zero attached hydrogens (tertiary/aromatic N) is 1. The zero-order valence-electron chi connectivity index (χ0n) is 41.6. The van der Waals surface area contributed by atoms with Gasteiger partial charge in [-0.15, -0.1) is 0 Å². The highest BCUT2D eigenvalue weighted by Gasteiger charge is 2.25. The first kappa shape index (κ1) is 59.8. The smallest absolute Gasteiger partial charge is 0.306 e. The average molecular weight is 876 g/mol. The molecule has 0 radical (unpaired) electrons. The van der Waals surface area contributed by atoms with Crippen molar-refractivity contribution < 1.29 is 38.2 Å². The molecule has 0 aliphatic carbocycles. The Balaban J connectivity index is 4.21. The molecule has 0 rings (SSSR count). The summed E-state index contributed by atoms with van der Waals surface area (Å²) in [4.78, 5) is 37.0. The van der Waals surface area contributed by atoms with Gasteiger partial charge in [-0.05, 0) is 38.5 Å². The Morgan fingerprint density at radius 1 is 0.484 bits per heavy atom. The lowest BCUT2D eigenvalue weighted by Gasteiger charge is -2.34. The molecule has 0 aromatic carbocycles. The molecule has 0 spiro atoms. The molecule has 8 heteroatoms. The maximum Gasteiger partial charge on any atom is 0.306 e. The third kappa shape index (κ3) is 43.1. The van der Waals surface area contributed by atoms with Crippen molar-refractivity contribution in [2.24, 2.45) is 0 Å². The largest absolute Gasteiger partial charge is 0.544 e. The summed E-state index contributed by atoms with van der Waals surface area (Å²) in [7, 11) is 5.42. The fourth-order valence-electron chi connectivity index (χ4n) is 8.01. The number of carboxylic acid groups (broad SMARTS) is 1. The summed E-state index contributed by atoms with van der Waals surface area (Å²) < 4.78 is 17.2. The second-order valence-corrected chi connectivity index (χ2v) is 19.1. The molecule has 0 saturated heterocycles. The fraction of sp³-hybridized carbons (Fsp3) is 0.870. The summed E-state index contributed by atoms with van der Waals surface area (Å²) in [5.41, 5.74) is 0. The number of aliphatic carboxylic acids is 1. The van der Waals surface area contributed by atoms with E-state index in [2.05, 4.69) is 38.2 Å². The van der Waals surface area contributed by atoms with E-state index in [9.17, 15) is 19.5 Å². The first-order valence-electron chi connectivity index (χ1n) is 26.4. The molecule has 62 heavy (non-hydrogen) atoms. The van der Waals surface area contributed by atoms with E-state index >= 15 is 0 Å². The predicted molar refractivity (Wildman–Crippen MR) is 259 cm³/mol. The van der Waals surface area contributed by atoms with Crippen LogP contribution in [0.1, 0.15) is 251 Å². The number of rotatable bonds is 48. The maximum atomic E-state index is 12.8. The average Bonchev–Trinajstić information content (AvgIpc) is 3.23. The third-order valence-corrected chi connectivity index (χ3v) is 12.1. The maximum absolute atomic E-state index is 12.8. The Bertz CT molecular complexity index is 1070. The number of carboxylic acids is 1. The summed E-state index contributed by atoms with van der Waals surface area (Å²) in [5, 5.41) is 11.7. The van der Waals surface area contributed by atoms with Crippen molar-refractivity contribution in [1.29, 1.82) is 0 Å². The molecule has 0 amide bonds. The number of unbranched alkanes of at least 4 members (excludes halogenated alkanes) is 31. The molecule has 0 heterocycles. The van der Waals surface area contributed by atoms with Gasteiger partial charge in [0.2, 0.25) is 0 Å². The standard InChI is InChI=1S/C54H101NO7/c1-6-8-10-12-14-16-18-20-22-24-25-26-27-28-29-31-33-35-37-39-41-43-45-53(57)62-50(48-60-47-46-51(54(58)59)55(3,4)5)49-61-52(56)44-42-40-38-36-34-32-30-23-21-19-17-15-13-11-9-7-2/h23,30,32,34,50-51H,6-22,24-29,31,33,35-49H2,1-5H3/b30-23+,34-32+. The normalized spacial score (nSPS) is 13.0. The zero-order chi connectivity index (χ0) is 45.6. The van der Waals surface area contributed by atoms with E-state index in [0.29, 0.717) is 12.8 Å². The number of carbonyl (C=O) groups is 3. The third-order valence-electron chi connectivity index (χ3n) is 12.1. The summed E-state index contributed by atoms with van der Waals surface area (Å²) in [6, 6.07) is -0.727. The van der Waals surface area contributed by atoms with Crippen molar-refractivity contribution in [3.8, 4) is 0 Å². The summed E-state index contributed by atoms with van der Waals surface area (Å²) in [5.74, 6) is -1.75. The number of hydrogen-bond acceptors (Lipinski definition) is 7. The van der Waals surface area contributed by atoms with Gasteiger partial charge in [-0.2, -0.15) is 0 Å². The van der Waals surface area contributed by atoms with Crippen molar-refractivity contribution in [2.45, 2.75) is 264 Å². The van der Waals surface area contributed by atoms with Crippen LogP contribution in [0.5, 0.6) is 0 Å². The number of esters is 2. The van der Waals surface area contributed by atoms with Crippen LogP contribution in [0.25, 0.3) is 0 Å². The predicted octanol–water partition coefficient (Wildman–Crippen LogP) is 13.9. The fourth-order valence-corrected chi connectivity index (χ4v) is 8.01. The molecule has 8 nitrogen and oxygen atoms in total. The molecule has 2 unspecified atom stereocenters. The number of likely N-dealkylation sites (N-methyl/N-ethyl adjacent to an activating group) is 1. The second kappa shape index (κ2) is 45.4. The lowest BCUT2D eigenvalue weighted by molar-refractivity contribution is -0.889. The molecule has 0 aliphatic rings. The van der Waals surface area contributed by atoms with E-state index in [1.54, 1.807) is 21.1 Å². The Labute approximate surface area is 383 Å². The molecule has 0 saturated carbocycles. The van der Waals surface area contributed by atoms with Crippen LogP contribution in [0.4, 0.5) is 0 Å². The van der Waals surface area contributed by atoms with Crippen molar-refractivity contribution in [1.82, 2.24) is 0 Å². The Morgan fingerprint density at radius 3 is 1.23 bits per heavy atom. The molecule has 0 bridgehead atoms. The lowest BCUT2D eigenvalue weighted by atomic mass is 10.0. The molecule has 0 aromatic rings. The number of hydrogen-bond donors (Lipinski definition) is 0. The summed E-state index contributed by atoms with van der Waals surface area (Å²) in [6.07, 6.45) is 52.2. The molecular weight excluding hydrogens is 775 g/mol. The molecule has 2 atom stereocenters. The Kier molecular flexibility index (Phi) is 43.8. The number of ether oxygens (including phenoxy) is 3. The minimum atomic E-state index is -1.12. The minimum Gasteiger partial charge on any atom is -0.544 e. The van der Waals surface area contributed by atoms with E-state index < -0.39 is 18.1 Å². The summed E-state index contributed by atoms with van der Waals surface area (Å²) in [6.45, 7) is 4.67. The van der Waals surface area contributed by atoms with Gasteiger partial charge in [0.25, 0.3) is 0 Å². The number of carbonyl (C=O) groups excluding carboxylic acids is 3. The van der Waals surface area contributed by atoms with Gasteiger partial charge in [-0.25, -0.2) is 0 Å². The van der Waals surface area contributed by atoms with Crippen molar-refractivity contribution in [3.63, 3.8) is 0 Å². The van der Waals surface area contributed by atoms with Crippen LogP contribution in [-0.4, -0.2) is 75.5 Å². The second-order valence-electron chi connectivity index (χ2n) is 19.1. The monoisotopic (exact) mass is 876 g/mol. The highest BCUT2D eigenvalue weighted by molar-refractivity contribution is 5.70. The molecule has 0 N–H and O–H groups in total. The topological polar surface area (TPSA) is 102 Å². The van der Waals surface area contributed by atoms with E-state index in [0.717, 1.165) is 51.4 Å². The van der Waals surface area contributed by atoms with Gasteiger partial charge in [0.1, 0.15) is 12.6 Å². The van der Waals surface area contributed by atoms with Gasteiger partial charge in [0.05, 0.1) is 40.3 Å². The quantitative estimate of drug-likeness (QED) is 0.0260. The van der Waals surface area contributed by atoms with Gasteiger partial charge < -0.3 is 28.6 Å². The first-order chi connectivity index (χ1) is 30.1. The minimum absolute atomic E-state index is 0.0368. The van der Waals surface area contributed by atoms with Crippen molar-refractivity contribution in [3.05, 3.63) is 24.3 Å². The molecule has 0 aromatic heterocycles. The highest BCUT2D eigenvalue weighted by atomic mass is 16.6. The molecular formula is C54H101NO7. The van der Waals surface area contributed by atoms with Crippen LogP contribution >= 0.6 is 0 Å². The molecule has 364 valence electrons. The van der Waals surface area contributed by atoms with Gasteiger partial charge >= 0.3 is 11.9 Å². The van der Waals surface area contributed by atoms with Gasteiger partial charge in [-0.3, -0.25) is 9.59 Å². The lowest BCUT2D eigenvalue weighted by Crippen LogP contribution is -2.55. The van der Waals surface area contributed by atoms with Crippen LogP contribution in [0.15, 0.2) is 24.3 Å². The van der Waals surface area contributed by atoms with Crippen molar-refractivity contribution in [2.75, 3.05) is 41.0 Å². The van der Waals surface area contributed by atoms with Gasteiger partial charge in [0.15, 0.2) is 6.10 Å². The Morgan fingerprint density at radius 2 is 0.839 bits per heavy atom. The zero-order valence-corrected chi connectivity index (χ0v) is 41.6.